The van der Waals surface area contributed by atoms with Crippen molar-refractivity contribution in [3.63, 3.8) is 0 Å². The fourth-order valence-corrected chi connectivity index (χ4v) is 2.99. The van der Waals surface area contributed by atoms with E-state index in [1.807, 2.05) is 0 Å². The smallest absolute Gasteiger partial charge is 0.186 e. The molecule has 1 fully saturated rings. The maximum absolute atomic E-state index is 9.84. The van der Waals surface area contributed by atoms with Gasteiger partial charge in [0.2, 0.25) is 0 Å². The highest BCUT2D eigenvalue weighted by Gasteiger charge is 2.43. The Morgan fingerprint density at radius 3 is 1.83 bits per heavy atom. The summed E-state index contributed by atoms with van der Waals surface area (Å²) >= 11 is 0. The molecule has 0 aromatic heterocycles. The van der Waals surface area contributed by atoms with Crippen molar-refractivity contribution in [3.8, 4) is 0 Å². The standard InChI is InChI=1S/C18H36O6/c1-2-3-4-5-6-7-8-9-10-11-12-23-18-17(22)16(21)15(20)14(13-19)24-18/h14-22H,2-13H2,1H3/t14-,15+,16+,17+,18+/m1/s1. The minimum absolute atomic E-state index is 0.428. The van der Waals surface area contributed by atoms with Crippen molar-refractivity contribution in [2.24, 2.45) is 0 Å². The lowest BCUT2D eigenvalue weighted by Crippen LogP contribution is -2.59. The van der Waals surface area contributed by atoms with Crippen molar-refractivity contribution < 1.29 is 29.9 Å². The van der Waals surface area contributed by atoms with Crippen LogP contribution in [0.5, 0.6) is 0 Å². The summed E-state index contributed by atoms with van der Waals surface area (Å²) in [6.07, 6.45) is 6.37. The third-order valence-corrected chi connectivity index (χ3v) is 4.63. The van der Waals surface area contributed by atoms with E-state index in [2.05, 4.69) is 6.92 Å². The lowest BCUT2D eigenvalue weighted by molar-refractivity contribution is -0.301. The van der Waals surface area contributed by atoms with Gasteiger partial charge >= 0.3 is 0 Å². The average molecular weight is 348 g/mol. The summed E-state index contributed by atoms with van der Waals surface area (Å²) in [5, 5.41) is 38.3. The summed E-state index contributed by atoms with van der Waals surface area (Å²) in [7, 11) is 0. The molecule has 0 unspecified atom stereocenters. The number of unbranched alkanes of at least 4 members (excludes halogenated alkanes) is 9. The zero-order valence-corrected chi connectivity index (χ0v) is 15.0. The van der Waals surface area contributed by atoms with Crippen LogP contribution in [0.3, 0.4) is 0 Å². The number of hydrogen-bond acceptors (Lipinski definition) is 6. The van der Waals surface area contributed by atoms with E-state index in [-0.39, 0.29) is 0 Å². The first kappa shape index (κ1) is 21.8. The van der Waals surface area contributed by atoms with E-state index >= 15 is 0 Å². The van der Waals surface area contributed by atoms with Gasteiger partial charge in [-0.3, -0.25) is 0 Å². The predicted octanol–water partition coefficient (Wildman–Crippen LogP) is 1.72. The molecule has 6 nitrogen and oxygen atoms in total. The van der Waals surface area contributed by atoms with Crippen LogP contribution in [0.15, 0.2) is 0 Å². The zero-order chi connectivity index (χ0) is 17.8. The molecule has 0 spiro atoms. The van der Waals surface area contributed by atoms with E-state index in [0.29, 0.717) is 6.61 Å². The van der Waals surface area contributed by atoms with Gasteiger partial charge in [-0.05, 0) is 6.42 Å². The van der Waals surface area contributed by atoms with E-state index in [1.165, 1.54) is 51.4 Å². The van der Waals surface area contributed by atoms with E-state index in [9.17, 15) is 15.3 Å². The van der Waals surface area contributed by atoms with Crippen molar-refractivity contribution in [1.29, 1.82) is 0 Å². The third kappa shape index (κ3) is 7.76. The highest BCUT2D eigenvalue weighted by Crippen LogP contribution is 2.22. The van der Waals surface area contributed by atoms with Crippen LogP contribution in [-0.2, 0) is 9.47 Å². The largest absolute Gasteiger partial charge is 0.394 e. The second-order valence-corrected chi connectivity index (χ2v) is 6.75. The van der Waals surface area contributed by atoms with Crippen LogP contribution >= 0.6 is 0 Å². The molecule has 5 atom stereocenters. The first-order valence-electron chi connectivity index (χ1n) is 9.54. The van der Waals surface area contributed by atoms with Gasteiger partial charge in [-0.1, -0.05) is 64.7 Å². The quantitative estimate of drug-likeness (QED) is 0.378. The molecule has 4 N–H and O–H groups in total. The number of aliphatic hydroxyl groups excluding tert-OH is 4. The molecular formula is C18H36O6. The van der Waals surface area contributed by atoms with Gasteiger partial charge in [0.1, 0.15) is 24.4 Å². The summed E-state index contributed by atoms with van der Waals surface area (Å²) in [4.78, 5) is 0. The fourth-order valence-electron chi connectivity index (χ4n) is 2.99. The fraction of sp³-hybridized carbons (Fsp3) is 1.00. The summed E-state index contributed by atoms with van der Waals surface area (Å²) in [5.41, 5.74) is 0. The molecule has 0 aliphatic carbocycles. The molecule has 1 aliphatic heterocycles. The van der Waals surface area contributed by atoms with E-state index in [0.717, 1.165) is 12.8 Å². The van der Waals surface area contributed by atoms with E-state index in [4.69, 9.17) is 14.6 Å². The summed E-state index contributed by atoms with van der Waals surface area (Å²) in [5.74, 6) is 0. The summed E-state index contributed by atoms with van der Waals surface area (Å²) in [6, 6.07) is 0. The van der Waals surface area contributed by atoms with Crippen molar-refractivity contribution in [2.75, 3.05) is 13.2 Å². The predicted molar refractivity (Wildman–Crippen MR) is 91.6 cm³/mol. The molecule has 0 aromatic carbocycles. The number of hydrogen-bond donors (Lipinski definition) is 4. The maximum Gasteiger partial charge on any atom is 0.186 e. The zero-order valence-electron chi connectivity index (χ0n) is 15.0. The normalized spacial score (nSPS) is 30.6. The van der Waals surface area contributed by atoms with Gasteiger partial charge in [0.25, 0.3) is 0 Å². The van der Waals surface area contributed by atoms with Crippen LogP contribution in [0.1, 0.15) is 71.1 Å². The van der Waals surface area contributed by atoms with Crippen molar-refractivity contribution in [3.05, 3.63) is 0 Å². The van der Waals surface area contributed by atoms with Gasteiger partial charge in [0.15, 0.2) is 6.29 Å². The van der Waals surface area contributed by atoms with Crippen LogP contribution in [0.25, 0.3) is 0 Å². The van der Waals surface area contributed by atoms with E-state index in [1.54, 1.807) is 0 Å². The van der Waals surface area contributed by atoms with Crippen LogP contribution in [0.2, 0.25) is 0 Å². The lowest BCUT2D eigenvalue weighted by atomic mass is 9.99. The van der Waals surface area contributed by atoms with E-state index < -0.39 is 37.3 Å². The van der Waals surface area contributed by atoms with Crippen LogP contribution in [0.4, 0.5) is 0 Å². The Balaban J connectivity index is 2.02. The Morgan fingerprint density at radius 2 is 1.29 bits per heavy atom. The first-order valence-corrected chi connectivity index (χ1v) is 9.54. The molecule has 1 saturated heterocycles. The number of aliphatic hydroxyl groups is 4. The summed E-state index contributed by atoms with van der Waals surface area (Å²) in [6.45, 7) is 2.23. The van der Waals surface area contributed by atoms with Gasteiger partial charge < -0.3 is 29.9 Å². The lowest BCUT2D eigenvalue weighted by Gasteiger charge is -2.39. The van der Waals surface area contributed by atoms with Crippen LogP contribution in [0, 0.1) is 0 Å². The van der Waals surface area contributed by atoms with Gasteiger partial charge in [-0.15, -0.1) is 0 Å². The number of rotatable bonds is 13. The van der Waals surface area contributed by atoms with Crippen LogP contribution < -0.4 is 0 Å². The molecule has 0 amide bonds. The van der Waals surface area contributed by atoms with Gasteiger partial charge in [0, 0.05) is 6.61 Å². The minimum Gasteiger partial charge on any atom is -0.394 e. The second-order valence-electron chi connectivity index (χ2n) is 6.75. The molecule has 1 rings (SSSR count). The molecule has 1 heterocycles. The molecule has 24 heavy (non-hydrogen) atoms. The Morgan fingerprint density at radius 1 is 0.750 bits per heavy atom. The SMILES string of the molecule is CCCCCCCCCCCCO[C@H]1O[C@H](CO)[C@H](O)[C@H](O)[C@@H]1O. The van der Waals surface area contributed by atoms with Gasteiger partial charge in [0.05, 0.1) is 6.61 Å². The van der Waals surface area contributed by atoms with Gasteiger partial charge in [-0.2, -0.15) is 0 Å². The molecule has 0 radical (unpaired) electrons. The van der Waals surface area contributed by atoms with Crippen molar-refractivity contribution in [2.45, 2.75) is 102 Å². The van der Waals surface area contributed by atoms with Crippen LogP contribution in [-0.4, -0.2) is 64.3 Å². The van der Waals surface area contributed by atoms with Gasteiger partial charge in [-0.25, -0.2) is 0 Å². The Kier molecular flexibility index (Phi) is 11.8. The van der Waals surface area contributed by atoms with Crippen molar-refractivity contribution in [1.82, 2.24) is 0 Å². The highest BCUT2D eigenvalue weighted by molar-refractivity contribution is 4.88. The molecule has 0 saturated carbocycles. The maximum atomic E-state index is 9.84. The molecule has 1 aliphatic rings. The molecule has 0 bridgehead atoms. The Hall–Kier alpha value is -0.240. The second kappa shape index (κ2) is 13.0. The average Bonchev–Trinajstić information content (AvgIpc) is 2.59. The molecule has 6 heteroatoms. The highest BCUT2D eigenvalue weighted by atomic mass is 16.7. The van der Waals surface area contributed by atoms with Crippen molar-refractivity contribution >= 4 is 0 Å². The molecule has 0 aromatic rings. The molecular weight excluding hydrogens is 312 g/mol. The monoisotopic (exact) mass is 348 g/mol. The molecule has 144 valence electrons. The topological polar surface area (TPSA) is 99.4 Å². The third-order valence-electron chi connectivity index (χ3n) is 4.63. The first-order chi connectivity index (χ1) is 11.6. The minimum atomic E-state index is -1.37. The Bertz CT molecular complexity index is 299. The Labute approximate surface area is 145 Å². The summed E-state index contributed by atoms with van der Waals surface area (Å²) < 4.78 is 10.8. The number of ether oxygens (including phenoxy) is 2.